The van der Waals surface area contributed by atoms with Gasteiger partial charge in [0.25, 0.3) is 5.91 Å². The van der Waals surface area contributed by atoms with Gasteiger partial charge >= 0.3 is 0 Å². The maximum atomic E-state index is 13.1. The van der Waals surface area contributed by atoms with E-state index in [1.165, 1.54) is 5.56 Å². The quantitative estimate of drug-likeness (QED) is 0.458. The Balaban J connectivity index is 1.38. The summed E-state index contributed by atoms with van der Waals surface area (Å²) in [4.78, 5) is 14.9. The first-order valence-electron chi connectivity index (χ1n) is 10.1. The summed E-state index contributed by atoms with van der Waals surface area (Å²) >= 11 is 19.3. The summed E-state index contributed by atoms with van der Waals surface area (Å²) in [5.74, 6) is 1.56. The van der Waals surface area contributed by atoms with Gasteiger partial charge in [0.05, 0.1) is 6.61 Å². The van der Waals surface area contributed by atoms with Crippen LogP contribution < -0.4 is 0 Å². The number of carbonyl (C=O) groups is 1. The molecule has 2 heterocycles. The Bertz CT molecular complexity index is 979. The molecular formula is C23H20Cl3NO2. The highest BCUT2D eigenvalue weighted by molar-refractivity contribution is 6.61. The van der Waals surface area contributed by atoms with Gasteiger partial charge in [-0.15, -0.1) is 0 Å². The Morgan fingerprint density at radius 3 is 2.41 bits per heavy atom. The first kappa shape index (κ1) is 18.5. The van der Waals surface area contributed by atoms with E-state index in [1.807, 2.05) is 17.0 Å². The van der Waals surface area contributed by atoms with Crippen molar-refractivity contribution in [1.29, 1.82) is 0 Å². The van der Waals surface area contributed by atoms with Gasteiger partial charge in [0, 0.05) is 22.5 Å². The van der Waals surface area contributed by atoms with Crippen molar-refractivity contribution in [2.75, 3.05) is 6.61 Å². The van der Waals surface area contributed by atoms with Crippen LogP contribution in [0.3, 0.4) is 0 Å². The summed E-state index contributed by atoms with van der Waals surface area (Å²) in [6.07, 6.45) is 2.21. The van der Waals surface area contributed by atoms with E-state index < -0.39 is 10.1 Å². The molecule has 2 aromatic carbocycles. The van der Waals surface area contributed by atoms with Gasteiger partial charge in [-0.1, -0.05) is 77.3 Å². The van der Waals surface area contributed by atoms with Crippen LogP contribution in [0.2, 0.25) is 5.02 Å². The SMILES string of the molecule is O=C1N2[C@@H]3[C@H]4C[C@@H]([C@@H]3COC2(c2ccc(Cl)cc2)C1(Cl)Cl)[C@H](c1ccccc1)C4. The second-order valence-electron chi connectivity index (χ2n) is 8.78. The van der Waals surface area contributed by atoms with Crippen molar-refractivity contribution in [3.05, 3.63) is 70.7 Å². The molecule has 2 aromatic rings. The summed E-state index contributed by atoms with van der Waals surface area (Å²) in [5.41, 5.74) is 1.05. The molecule has 6 heteroatoms. The lowest BCUT2D eigenvalue weighted by Gasteiger charge is -2.66. The fourth-order valence-electron chi connectivity index (χ4n) is 6.51. The van der Waals surface area contributed by atoms with Crippen molar-refractivity contribution >= 4 is 40.7 Å². The van der Waals surface area contributed by atoms with Crippen LogP contribution in [-0.4, -0.2) is 27.8 Å². The number of benzene rings is 2. The summed E-state index contributed by atoms with van der Waals surface area (Å²) in [7, 11) is 0. The molecule has 0 aromatic heterocycles. The van der Waals surface area contributed by atoms with Gasteiger partial charge in [-0.25, -0.2) is 0 Å². The van der Waals surface area contributed by atoms with Gasteiger partial charge < -0.3 is 9.64 Å². The Morgan fingerprint density at radius 1 is 0.966 bits per heavy atom. The van der Waals surface area contributed by atoms with Crippen molar-refractivity contribution < 1.29 is 9.53 Å². The van der Waals surface area contributed by atoms with Crippen LogP contribution in [0, 0.1) is 17.8 Å². The zero-order valence-corrected chi connectivity index (χ0v) is 17.9. The largest absolute Gasteiger partial charge is 0.348 e. The number of β-lactam (4-membered cyclic amide) rings is 1. The number of amides is 1. The molecule has 29 heavy (non-hydrogen) atoms. The van der Waals surface area contributed by atoms with Gasteiger partial charge in [-0.2, -0.15) is 0 Å². The van der Waals surface area contributed by atoms with Crippen LogP contribution in [-0.2, 0) is 15.3 Å². The smallest absolute Gasteiger partial charge is 0.267 e. The molecule has 6 rings (SSSR count). The molecule has 2 saturated carbocycles. The predicted molar refractivity (Wildman–Crippen MR) is 113 cm³/mol. The maximum absolute atomic E-state index is 13.1. The van der Waals surface area contributed by atoms with Gasteiger partial charge in [-0.3, -0.25) is 4.79 Å². The van der Waals surface area contributed by atoms with E-state index in [1.54, 1.807) is 12.1 Å². The van der Waals surface area contributed by atoms with E-state index in [2.05, 4.69) is 30.3 Å². The van der Waals surface area contributed by atoms with E-state index in [0.717, 1.165) is 18.4 Å². The highest BCUT2D eigenvalue weighted by atomic mass is 35.5. The number of rotatable bonds is 2. The highest BCUT2D eigenvalue weighted by Crippen LogP contribution is 2.67. The molecule has 4 fully saturated rings. The molecule has 2 aliphatic carbocycles. The Labute approximate surface area is 184 Å². The molecule has 2 bridgehead atoms. The van der Waals surface area contributed by atoms with Gasteiger partial charge in [0.2, 0.25) is 10.1 Å². The van der Waals surface area contributed by atoms with E-state index in [0.29, 0.717) is 35.3 Å². The van der Waals surface area contributed by atoms with Crippen LogP contribution >= 0.6 is 34.8 Å². The second kappa shape index (κ2) is 6.13. The molecule has 150 valence electrons. The van der Waals surface area contributed by atoms with E-state index in [4.69, 9.17) is 39.5 Å². The van der Waals surface area contributed by atoms with Crippen molar-refractivity contribution in [3.63, 3.8) is 0 Å². The topological polar surface area (TPSA) is 29.5 Å². The fraction of sp³-hybridized carbons (Fsp3) is 0.435. The second-order valence-corrected chi connectivity index (χ2v) is 10.5. The molecule has 0 radical (unpaired) electrons. The van der Waals surface area contributed by atoms with Crippen molar-refractivity contribution in [3.8, 4) is 0 Å². The molecule has 6 atom stereocenters. The summed E-state index contributed by atoms with van der Waals surface area (Å²) in [6, 6.07) is 18.1. The van der Waals surface area contributed by atoms with Crippen molar-refractivity contribution in [1.82, 2.24) is 4.90 Å². The number of fused-ring (bicyclic) bond motifs is 7. The summed E-state index contributed by atoms with van der Waals surface area (Å²) < 4.78 is 4.81. The van der Waals surface area contributed by atoms with Crippen LogP contribution in [0.5, 0.6) is 0 Å². The number of hydrogen-bond donors (Lipinski definition) is 0. The van der Waals surface area contributed by atoms with Crippen molar-refractivity contribution in [2.24, 2.45) is 17.8 Å². The average Bonchev–Trinajstić information content (AvgIpc) is 3.33. The van der Waals surface area contributed by atoms with Crippen LogP contribution in [0.25, 0.3) is 0 Å². The molecule has 2 saturated heterocycles. The van der Waals surface area contributed by atoms with Gasteiger partial charge in [0.15, 0.2) is 0 Å². The molecule has 0 spiro atoms. The predicted octanol–water partition coefficient (Wildman–Crippen LogP) is 5.35. The Kier molecular flexibility index (Phi) is 3.91. The summed E-state index contributed by atoms with van der Waals surface area (Å²) in [6.45, 7) is 0.558. The van der Waals surface area contributed by atoms with Crippen LogP contribution in [0.1, 0.15) is 29.9 Å². The molecule has 2 aliphatic heterocycles. The first-order valence-corrected chi connectivity index (χ1v) is 11.2. The zero-order chi connectivity index (χ0) is 20.0. The van der Waals surface area contributed by atoms with Gasteiger partial charge in [0.1, 0.15) is 0 Å². The number of nitrogens with zero attached hydrogens (tertiary/aromatic N) is 1. The lowest BCUT2D eigenvalue weighted by atomic mass is 9.70. The van der Waals surface area contributed by atoms with Crippen LogP contribution in [0.15, 0.2) is 54.6 Å². The minimum atomic E-state index is -1.62. The third kappa shape index (κ3) is 2.23. The molecule has 4 aliphatic rings. The third-order valence-electron chi connectivity index (χ3n) is 7.62. The zero-order valence-electron chi connectivity index (χ0n) is 15.6. The molecule has 0 N–H and O–H groups in total. The standard InChI is InChI=1S/C23H20Cl3NO2/c24-16-8-6-15(7-9-16)23-22(25,26)21(28)27(23)20-14-10-17(13-4-2-1-3-5-13)18(11-14)19(20)12-29-23/h1-9,14,17-20H,10-12H2/t14-,17+,18-,19+,20-,23?/m1/s1. The van der Waals surface area contributed by atoms with Gasteiger partial charge in [-0.05, 0) is 48.3 Å². The summed E-state index contributed by atoms with van der Waals surface area (Å²) in [5, 5.41) is 0.622. The fourth-order valence-corrected chi connectivity index (χ4v) is 7.33. The van der Waals surface area contributed by atoms with E-state index in [9.17, 15) is 4.79 Å². The lowest BCUT2D eigenvalue weighted by molar-refractivity contribution is -0.282. The number of ether oxygens (including phenoxy) is 1. The lowest BCUT2D eigenvalue weighted by Crippen LogP contribution is -2.82. The number of alkyl halides is 2. The number of hydrogen-bond acceptors (Lipinski definition) is 2. The van der Waals surface area contributed by atoms with Crippen molar-refractivity contribution in [2.45, 2.75) is 34.9 Å². The monoisotopic (exact) mass is 447 g/mol. The molecule has 3 nitrogen and oxygen atoms in total. The minimum Gasteiger partial charge on any atom is -0.348 e. The normalized spacial score (nSPS) is 39.1. The maximum Gasteiger partial charge on any atom is 0.267 e. The number of carbonyl (C=O) groups excluding carboxylic acids is 1. The average molecular weight is 449 g/mol. The Morgan fingerprint density at radius 2 is 1.69 bits per heavy atom. The van der Waals surface area contributed by atoms with E-state index in [-0.39, 0.29) is 11.9 Å². The highest BCUT2D eigenvalue weighted by Gasteiger charge is 2.78. The number of halogens is 3. The molecule has 1 amide bonds. The Hall–Kier alpha value is -1.26. The van der Waals surface area contributed by atoms with E-state index >= 15 is 0 Å². The molecule has 1 unspecified atom stereocenters. The minimum absolute atomic E-state index is 0.127. The van der Waals surface area contributed by atoms with Crippen LogP contribution in [0.4, 0.5) is 0 Å². The first-order chi connectivity index (χ1) is 13.9. The third-order valence-corrected chi connectivity index (χ3v) is 8.71. The molecular weight excluding hydrogens is 429 g/mol.